The second-order valence-corrected chi connectivity index (χ2v) is 10.4. The number of allylic oxidation sites excluding steroid dienone is 2. The third kappa shape index (κ3) is 4.74. The number of nitrogens with zero attached hydrogens (tertiary/aromatic N) is 2. The smallest absolute Gasteiger partial charge is 0.231 e. The van der Waals surface area contributed by atoms with Gasteiger partial charge in [0.05, 0.1) is 10.7 Å². The van der Waals surface area contributed by atoms with E-state index < -0.39 is 5.41 Å². The molecule has 2 fully saturated rings. The molecule has 1 amide bonds. The van der Waals surface area contributed by atoms with Crippen molar-refractivity contribution in [3.05, 3.63) is 59.0 Å². The van der Waals surface area contributed by atoms with Gasteiger partial charge in [-0.25, -0.2) is 9.37 Å². The minimum absolute atomic E-state index is 0.00514. The summed E-state index contributed by atoms with van der Waals surface area (Å²) >= 11 is 5.90. The molecule has 2 saturated carbocycles. The molecule has 6 heteroatoms. The molecule has 2 aliphatic carbocycles. The van der Waals surface area contributed by atoms with Gasteiger partial charge in [-0.15, -0.1) is 0 Å². The van der Waals surface area contributed by atoms with E-state index in [0.717, 1.165) is 42.5 Å². The summed E-state index contributed by atoms with van der Waals surface area (Å²) in [6, 6.07) is 8.16. The van der Waals surface area contributed by atoms with E-state index in [1.807, 2.05) is 20.8 Å². The van der Waals surface area contributed by atoms with Crippen molar-refractivity contribution >= 4 is 41.3 Å². The first-order chi connectivity index (χ1) is 15.7. The lowest BCUT2D eigenvalue weighted by Gasteiger charge is -2.31. The third-order valence-corrected chi connectivity index (χ3v) is 8.00. The topological polar surface area (TPSA) is 54.4 Å². The van der Waals surface area contributed by atoms with Crippen LogP contribution in [0.1, 0.15) is 52.0 Å². The number of carbonyl (C=O) groups is 1. The standard InChI is InChI=1S/C27H31ClFN3O/c1-5-22(23-14-21(29)7-8-24(23)30-4)18-10-16-12-19(13-17(16)11-18)27(2,3)26(33)32-25-9-6-20(28)15-31-25/h5-9,14-19H,4,10-13H2,1-3H3,(H,31,32,33)/b22-5-/t16-,17+,18?,19?. The first-order valence-corrected chi connectivity index (χ1v) is 12.0. The minimum Gasteiger partial charge on any atom is -0.310 e. The number of anilines is 1. The number of rotatable bonds is 6. The zero-order valence-corrected chi connectivity index (χ0v) is 20.2. The summed E-state index contributed by atoms with van der Waals surface area (Å²) in [5.74, 6) is 2.11. The number of halogens is 2. The van der Waals surface area contributed by atoms with Gasteiger partial charge in [0, 0.05) is 17.2 Å². The Morgan fingerprint density at radius 1 is 1.21 bits per heavy atom. The van der Waals surface area contributed by atoms with Crippen LogP contribution in [-0.2, 0) is 4.79 Å². The molecule has 1 N–H and O–H groups in total. The Balaban J connectivity index is 1.43. The lowest BCUT2D eigenvalue weighted by atomic mass is 9.75. The number of carbonyl (C=O) groups excluding carboxylic acids is 1. The Bertz CT molecular complexity index is 1070. The molecule has 2 aromatic rings. The van der Waals surface area contributed by atoms with Crippen LogP contribution in [0.2, 0.25) is 5.02 Å². The number of aromatic nitrogens is 1. The molecule has 2 aliphatic rings. The maximum atomic E-state index is 14.0. The Kier molecular flexibility index (Phi) is 6.71. The maximum Gasteiger partial charge on any atom is 0.231 e. The van der Waals surface area contributed by atoms with Gasteiger partial charge in [0.25, 0.3) is 0 Å². The number of fused-ring (bicyclic) bond motifs is 1. The number of pyridine rings is 1. The highest BCUT2D eigenvalue weighted by Gasteiger charge is 2.49. The molecule has 4 atom stereocenters. The van der Waals surface area contributed by atoms with E-state index in [1.165, 1.54) is 12.3 Å². The first kappa shape index (κ1) is 23.6. The number of nitrogens with one attached hydrogen (secondary N) is 1. The van der Waals surface area contributed by atoms with Crippen molar-refractivity contribution in [2.75, 3.05) is 5.32 Å². The van der Waals surface area contributed by atoms with E-state index in [1.54, 1.807) is 24.3 Å². The molecule has 0 bridgehead atoms. The lowest BCUT2D eigenvalue weighted by Crippen LogP contribution is -2.37. The Labute approximate surface area is 200 Å². The van der Waals surface area contributed by atoms with Crippen LogP contribution in [0.15, 0.2) is 47.6 Å². The molecular formula is C27H31ClFN3O. The molecule has 0 saturated heterocycles. The molecular weight excluding hydrogens is 437 g/mol. The monoisotopic (exact) mass is 467 g/mol. The van der Waals surface area contributed by atoms with Gasteiger partial charge in [-0.3, -0.25) is 9.79 Å². The molecule has 174 valence electrons. The average Bonchev–Trinajstić information content (AvgIpc) is 3.36. The van der Waals surface area contributed by atoms with Gasteiger partial charge in [-0.05, 0) is 98.9 Å². The third-order valence-electron chi connectivity index (χ3n) is 7.78. The summed E-state index contributed by atoms with van der Waals surface area (Å²) in [5, 5.41) is 3.50. The fourth-order valence-corrected chi connectivity index (χ4v) is 5.97. The Morgan fingerprint density at radius 3 is 2.48 bits per heavy atom. The van der Waals surface area contributed by atoms with Crippen LogP contribution >= 0.6 is 11.6 Å². The first-order valence-electron chi connectivity index (χ1n) is 11.6. The van der Waals surface area contributed by atoms with Gasteiger partial charge in [0.1, 0.15) is 11.6 Å². The van der Waals surface area contributed by atoms with Crippen molar-refractivity contribution in [2.24, 2.45) is 34.1 Å². The minimum atomic E-state index is -0.493. The van der Waals surface area contributed by atoms with Crippen LogP contribution in [0.5, 0.6) is 0 Å². The summed E-state index contributed by atoms with van der Waals surface area (Å²) in [6.07, 6.45) is 7.82. The van der Waals surface area contributed by atoms with Crippen LogP contribution in [-0.4, -0.2) is 17.6 Å². The fourth-order valence-electron chi connectivity index (χ4n) is 5.86. The van der Waals surface area contributed by atoms with Gasteiger partial charge in [0.15, 0.2) is 0 Å². The molecule has 4 nitrogen and oxygen atoms in total. The highest BCUT2D eigenvalue weighted by atomic mass is 35.5. The van der Waals surface area contributed by atoms with E-state index in [9.17, 15) is 9.18 Å². The molecule has 0 radical (unpaired) electrons. The van der Waals surface area contributed by atoms with Gasteiger partial charge < -0.3 is 5.32 Å². The van der Waals surface area contributed by atoms with Crippen molar-refractivity contribution in [3.8, 4) is 0 Å². The van der Waals surface area contributed by atoms with Crippen LogP contribution in [0, 0.1) is 34.9 Å². The van der Waals surface area contributed by atoms with E-state index in [2.05, 4.69) is 28.1 Å². The van der Waals surface area contributed by atoms with Crippen LogP contribution in [0.3, 0.4) is 0 Å². The highest BCUT2D eigenvalue weighted by Crippen LogP contribution is 2.56. The number of amides is 1. The summed E-state index contributed by atoms with van der Waals surface area (Å²) in [6.45, 7) is 9.75. The second kappa shape index (κ2) is 9.38. The molecule has 0 aliphatic heterocycles. The fraction of sp³-hybridized carbons (Fsp3) is 0.444. The number of hydrogen-bond donors (Lipinski definition) is 1. The molecule has 1 heterocycles. The van der Waals surface area contributed by atoms with Crippen molar-refractivity contribution in [1.82, 2.24) is 4.98 Å². The predicted molar refractivity (Wildman–Crippen MR) is 133 cm³/mol. The molecule has 2 unspecified atom stereocenters. The molecule has 1 aromatic heterocycles. The van der Waals surface area contributed by atoms with Crippen molar-refractivity contribution < 1.29 is 9.18 Å². The molecule has 33 heavy (non-hydrogen) atoms. The normalized spacial score (nSPS) is 25.1. The van der Waals surface area contributed by atoms with Crippen molar-refractivity contribution in [2.45, 2.75) is 46.5 Å². The van der Waals surface area contributed by atoms with Crippen LogP contribution in [0.4, 0.5) is 15.9 Å². The summed E-state index contributed by atoms with van der Waals surface area (Å²) in [4.78, 5) is 21.4. The van der Waals surface area contributed by atoms with E-state index in [0.29, 0.717) is 34.5 Å². The van der Waals surface area contributed by atoms with Gasteiger partial charge in [-0.2, -0.15) is 0 Å². The lowest BCUT2D eigenvalue weighted by molar-refractivity contribution is -0.126. The summed E-state index contributed by atoms with van der Waals surface area (Å²) in [5.41, 5.74) is 2.25. The zero-order valence-electron chi connectivity index (χ0n) is 19.4. The largest absolute Gasteiger partial charge is 0.310 e. The van der Waals surface area contributed by atoms with Gasteiger partial charge >= 0.3 is 0 Å². The quantitative estimate of drug-likeness (QED) is 0.452. The van der Waals surface area contributed by atoms with E-state index in [-0.39, 0.29) is 11.7 Å². The summed E-state index contributed by atoms with van der Waals surface area (Å²) in [7, 11) is 0. The van der Waals surface area contributed by atoms with Crippen LogP contribution in [0.25, 0.3) is 5.57 Å². The van der Waals surface area contributed by atoms with Gasteiger partial charge in [0.2, 0.25) is 5.91 Å². The Morgan fingerprint density at radius 2 is 1.91 bits per heavy atom. The summed E-state index contributed by atoms with van der Waals surface area (Å²) < 4.78 is 14.0. The van der Waals surface area contributed by atoms with Crippen molar-refractivity contribution in [1.29, 1.82) is 0 Å². The number of benzene rings is 1. The van der Waals surface area contributed by atoms with E-state index in [4.69, 9.17) is 11.6 Å². The Hall–Kier alpha value is -2.53. The van der Waals surface area contributed by atoms with Crippen molar-refractivity contribution in [3.63, 3.8) is 0 Å². The molecule has 0 spiro atoms. The average molecular weight is 468 g/mol. The second-order valence-electron chi connectivity index (χ2n) is 9.96. The molecule has 1 aromatic carbocycles. The SMILES string of the molecule is C=Nc1ccc(F)cc1/C(=C\C)C1C[C@@H]2CC(C(C)(C)C(=O)Nc3ccc(Cl)cn3)C[C@@H]2C1. The number of aliphatic imine (C=N–C) groups is 1. The van der Waals surface area contributed by atoms with E-state index >= 15 is 0 Å². The highest BCUT2D eigenvalue weighted by molar-refractivity contribution is 6.30. The van der Waals surface area contributed by atoms with Gasteiger partial charge in [-0.1, -0.05) is 31.5 Å². The maximum absolute atomic E-state index is 14.0. The number of hydrogen-bond acceptors (Lipinski definition) is 3. The zero-order chi connectivity index (χ0) is 23.8. The molecule has 4 rings (SSSR count). The predicted octanol–water partition coefficient (Wildman–Crippen LogP) is 7.33. The van der Waals surface area contributed by atoms with Crippen LogP contribution < -0.4 is 5.32 Å².